The summed E-state index contributed by atoms with van der Waals surface area (Å²) >= 11 is 0. The first-order chi connectivity index (χ1) is 16.6. The van der Waals surface area contributed by atoms with E-state index in [0.29, 0.717) is 13.2 Å². The van der Waals surface area contributed by atoms with Crippen LogP contribution in [0, 0.1) is 5.92 Å². The van der Waals surface area contributed by atoms with Gasteiger partial charge in [-0.2, -0.15) is 0 Å². The number of nitrogens with zero attached hydrogens (tertiary/aromatic N) is 1. The molecule has 0 spiro atoms. The van der Waals surface area contributed by atoms with Crippen LogP contribution in [0.15, 0.2) is 60.7 Å². The molecule has 0 unspecified atom stereocenters. The first-order valence-corrected chi connectivity index (χ1v) is 12.3. The molecular weight excluding hydrogens is 428 g/mol. The van der Waals surface area contributed by atoms with Crippen molar-refractivity contribution in [2.75, 3.05) is 19.7 Å². The van der Waals surface area contributed by atoms with Crippen molar-refractivity contribution in [3.8, 4) is 0 Å². The first kappa shape index (κ1) is 25.7. The fourth-order valence-corrected chi connectivity index (χ4v) is 4.35. The van der Waals surface area contributed by atoms with Crippen molar-refractivity contribution in [1.82, 2.24) is 10.4 Å². The number of carbonyl (C=O) groups is 2. The maximum atomic E-state index is 12.4. The molecule has 0 atom stereocenters. The lowest BCUT2D eigenvalue weighted by Crippen LogP contribution is -2.30. The lowest BCUT2D eigenvalue weighted by atomic mass is 9.89. The Morgan fingerprint density at radius 2 is 1.71 bits per heavy atom. The largest absolute Gasteiger partial charge is 0.464 e. The molecule has 1 aliphatic rings. The van der Waals surface area contributed by atoms with Crippen molar-refractivity contribution in [3.63, 3.8) is 0 Å². The molecule has 2 N–H and O–H groups in total. The highest BCUT2D eigenvalue weighted by atomic mass is 16.5. The van der Waals surface area contributed by atoms with E-state index in [1.165, 1.54) is 18.1 Å². The fraction of sp³-hybridized carbons (Fsp3) is 0.429. The molecule has 1 fully saturated rings. The van der Waals surface area contributed by atoms with Crippen LogP contribution in [0.4, 0.5) is 0 Å². The summed E-state index contributed by atoms with van der Waals surface area (Å²) in [5.74, 6) is -0.516. The SMILES string of the molecule is O=C(/C=C/c1ccc(CN(CCCc2ccccc2)CCOC(=O)C2CCCCC2)cc1)NO. The lowest BCUT2D eigenvalue weighted by Gasteiger charge is -2.24. The number of hydrogen-bond donors (Lipinski definition) is 2. The van der Waals surface area contributed by atoms with E-state index in [4.69, 9.17) is 9.94 Å². The Labute approximate surface area is 202 Å². The number of aryl methyl sites for hydroxylation is 1. The van der Waals surface area contributed by atoms with Gasteiger partial charge in [0.15, 0.2) is 0 Å². The Kier molecular flexibility index (Phi) is 10.8. The second-order valence-corrected chi connectivity index (χ2v) is 8.92. The van der Waals surface area contributed by atoms with Crippen LogP contribution in [0.5, 0.6) is 0 Å². The van der Waals surface area contributed by atoms with Gasteiger partial charge in [0.05, 0.1) is 5.92 Å². The van der Waals surface area contributed by atoms with Gasteiger partial charge in [-0.3, -0.25) is 19.7 Å². The van der Waals surface area contributed by atoms with Crippen LogP contribution in [0.25, 0.3) is 6.08 Å². The molecule has 0 aliphatic heterocycles. The molecule has 0 saturated heterocycles. The number of hydroxylamine groups is 1. The predicted octanol–water partition coefficient (Wildman–Crippen LogP) is 4.76. The zero-order valence-electron chi connectivity index (χ0n) is 19.8. The van der Waals surface area contributed by atoms with Gasteiger partial charge in [-0.1, -0.05) is 73.9 Å². The number of esters is 1. The van der Waals surface area contributed by atoms with Crippen molar-refractivity contribution in [3.05, 3.63) is 77.4 Å². The molecule has 0 heterocycles. The van der Waals surface area contributed by atoms with Gasteiger partial charge < -0.3 is 4.74 Å². The maximum absolute atomic E-state index is 12.4. The second kappa shape index (κ2) is 14.3. The number of hydrogen-bond acceptors (Lipinski definition) is 5. The average Bonchev–Trinajstić information content (AvgIpc) is 2.89. The van der Waals surface area contributed by atoms with Crippen molar-refractivity contribution >= 4 is 18.0 Å². The number of benzene rings is 2. The molecule has 1 amide bonds. The molecule has 0 radical (unpaired) electrons. The van der Waals surface area contributed by atoms with Crippen molar-refractivity contribution in [2.24, 2.45) is 5.92 Å². The van der Waals surface area contributed by atoms with E-state index in [2.05, 4.69) is 29.2 Å². The number of nitrogens with one attached hydrogen (secondary N) is 1. The van der Waals surface area contributed by atoms with Crippen LogP contribution >= 0.6 is 0 Å². The molecule has 34 heavy (non-hydrogen) atoms. The van der Waals surface area contributed by atoms with E-state index in [0.717, 1.165) is 62.7 Å². The maximum Gasteiger partial charge on any atom is 0.308 e. The van der Waals surface area contributed by atoms with Gasteiger partial charge in [-0.15, -0.1) is 0 Å². The monoisotopic (exact) mass is 464 g/mol. The van der Waals surface area contributed by atoms with Crippen LogP contribution in [-0.4, -0.2) is 41.7 Å². The highest BCUT2D eigenvalue weighted by Crippen LogP contribution is 2.24. The van der Waals surface area contributed by atoms with Crippen molar-refractivity contribution in [2.45, 2.75) is 51.5 Å². The van der Waals surface area contributed by atoms with Gasteiger partial charge in [-0.05, 0) is 55.0 Å². The van der Waals surface area contributed by atoms with E-state index < -0.39 is 5.91 Å². The molecule has 3 rings (SSSR count). The summed E-state index contributed by atoms with van der Waals surface area (Å²) in [6, 6.07) is 18.4. The summed E-state index contributed by atoms with van der Waals surface area (Å²) < 4.78 is 5.65. The minimum atomic E-state index is -0.559. The van der Waals surface area contributed by atoms with Crippen LogP contribution in [0.2, 0.25) is 0 Å². The fourth-order valence-electron chi connectivity index (χ4n) is 4.35. The summed E-state index contributed by atoms with van der Waals surface area (Å²) in [6.45, 7) is 2.79. The zero-order chi connectivity index (χ0) is 24.0. The van der Waals surface area contributed by atoms with Gasteiger partial charge in [-0.25, -0.2) is 5.48 Å². The van der Waals surface area contributed by atoms with Crippen LogP contribution in [0.1, 0.15) is 55.2 Å². The second-order valence-electron chi connectivity index (χ2n) is 8.92. The topological polar surface area (TPSA) is 78.9 Å². The summed E-state index contributed by atoms with van der Waals surface area (Å²) in [7, 11) is 0. The molecule has 1 saturated carbocycles. The minimum Gasteiger partial charge on any atom is -0.464 e. The Hall–Kier alpha value is -2.96. The molecule has 6 heteroatoms. The number of amides is 1. The van der Waals surface area contributed by atoms with E-state index >= 15 is 0 Å². The standard InChI is InChI=1S/C28H36N2O4/c31-27(29-33)18-17-24-13-15-25(16-14-24)22-30(19-7-10-23-8-3-1-4-9-23)20-21-34-28(32)26-11-5-2-6-12-26/h1,3-4,8-9,13-18,26,33H,2,5-7,10-12,19-22H2,(H,29,31)/b18-17+. The molecule has 1 aliphatic carbocycles. The van der Waals surface area contributed by atoms with E-state index in [1.54, 1.807) is 11.6 Å². The summed E-state index contributed by atoms with van der Waals surface area (Å²) in [4.78, 5) is 25.9. The van der Waals surface area contributed by atoms with E-state index in [-0.39, 0.29) is 11.9 Å². The number of rotatable bonds is 12. The first-order valence-electron chi connectivity index (χ1n) is 12.3. The third kappa shape index (κ3) is 9.12. The van der Waals surface area contributed by atoms with Crippen LogP contribution < -0.4 is 5.48 Å². The zero-order valence-corrected chi connectivity index (χ0v) is 19.8. The summed E-state index contributed by atoms with van der Waals surface area (Å²) in [5.41, 5.74) is 4.95. The molecule has 0 bridgehead atoms. The quantitative estimate of drug-likeness (QED) is 0.205. The Morgan fingerprint density at radius 3 is 2.41 bits per heavy atom. The van der Waals surface area contributed by atoms with Crippen LogP contribution in [0.3, 0.4) is 0 Å². The summed E-state index contributed by atoms with van der Waals surface area (Å²) in [5, 5.41) is 8.59. The van der Waals surface area contributed by atoms with E-state index in [9.17, 15) is 9.59 Å². The molecular formula is C28H36N2O4. The highest BCUT2D eigenvalue weighted by Gasteiger charge is 2.22. The van der Waals surface area contributed by atoms with Gasteiger partial charge >= 0.3 is 5.97 Å². The Balaban J connectivity index is 1.53. The van der Waals surface area contributed by atoms with Crippen molar-refractivity contribution in [1.29, 1.82) is 0 Å². The Morgan fingerprint density at radius 1 is 0.971 bits per heavy atom. The highest BCUT2D eigenvalue weighted by molar-refractivity contribution is 5.90. The average molecular weight is 465 g/mol. The smallest absolute Gasteiger partial charge is 0.308 e. The molecule has 2 aromatic rings. The third-order valence-corrected chi connectivity index (χ3v) is 6.30. The van der Waals surface area contributed by atoms with Crippen molar-refractivity contribution < 1.29 is 19.5 Å². The lowest BCUT2D eigenvalue weighted by molar-refractivity contribution is -0.150. The molecule has 182 valence electrons. The van der Waals surface area contributed by atoms with E-state index in [1.807, 2.05) is 30.3 Å². The van der Waals surface area contributed by atoms with Crippen LogP contribution in [-0.2, 0) is 27.3 Å². The normalized spacial score (nSPS) is 14.4. The van der Waals surface area contributed by atoms with Gasteiger partial charge in [0.2, 0.25) is 0 Å². The predicted molar refractivity (Wildman–Crippen MR) is 133 cm³/mol. The number of ether oxygens (including phenoxy) is 1. The van der Waals surface area contributed by atoms with Gasteiger partial charge in [0.25, 0.3) is 5.91 Å². The molecule has 2 aromatic carbocycles. The Bertz CT molecular complexity index is 906. The minimum absolute atomic E-state index is 0.0352. The third-order valence-electron chi connectivity index (χ3n) is 6.30. The number of carbonyl (C=O) groups excluding carboxylic acids is 2. The summed E-state index contributed by atoms with van der Waals surface area (Å²) in [6.07, 6.45) is 10.4. The molecule has 6 nitrogen and oxygen atoms in total. The van der Waals surface area contributed by atoms with Gasteiger partial charge in [0.1, 0.15) is 6.61 Å². The van der Waals surface area contributed by atoms with Gasteiger partial charge in [0, 0.05) is 19.2 Å². The molecule has 0 aromatic heterocycles.